The number of rotatable bonds is 15. The highest BCUT2D eigenvalue weighted by molar-refractivity contribution is 7.89. The summed E-state index contributed by atoms with van der Waals surface area (Å²) in [6.45, 7) is 4.28. The Balaban J connectivity index is 1.10. The molecule has 7 rings (SSSR count). The first-order valence-electron chi connectivity index (χ1n) is 18.6. The quantitative estimate of drug-likeness (QED) is 0.148. The highest BCUT2D eigenvalue weighted by Crippen LogP contribution is 2.37. The van der Waals surface area contributed by atoms with Gasteiger partial charge in [-0.1, -0.05) is 68.4 Å². The van der Waals surface area contributed by atoms with E-state index in [9.17, 15) is 28.7 Å². The number of aliphatic hydroxyl groups is 1. The van der Waals surface area contributed by atoms with Crippen LogP contribution in [0.15, 0.2) is 95.9 Å². The van der Waals surface area contributed by atoms with Crippen molar-refractivity contribution >= 4 is 16.1 Å². The smallest absolute Gasteiger partial charge is 0.407 e. The van der Waals surface area contributed by atoms with E-state index in [-0.39, 0.29) is 49.6 Å². The molecule has 13 nitrogen and oxygen atoms in total. The molecule has 3 aliphatic rings. The molecule has 56 heavy (non-hydrogen) atoms. The van der Waals surface area contributed by atoms with E-state index in [1.807, 2.05) is 68.4 Å². The minimum absolute atomic E-state index is 0.0144. The van der Waals surface area contributed by atoms with Gasteiger partial charge in [0.1, 0.15) is 12.4 Å². The largest absolute Gasteiger partial charge is 0.489 e. The first-order chi connectivity index (χ1) is 27.0. The Morgan fingerprint density at radius 2 is 1.68 bits per heavy atom. The molecular weight excluding hydrogens is 739 g/mol. The normalized spacial score (nSPS) is 19.8. The zero-order valence-corrected chi connectivity index (χ0v) is 32.0. The third-order valence-electron chi connectivity index (χ3n) is 10.4. The fourth-order valence-corrected chi connectivity index (χ4v) is 9.25. The number of hydrogen-bond donors (Lipinski definition) is 2. The summed E-state index contributed by atoms with van der Waals surface area (Å²) in [6, 6.07) is 27.4. The number of carboxylic acid groups (broad SMARTS) is 1. The summed E-state index contributed by atoms with van der Waals surface area (Å²) in [7, 11) is -4.16. The van der Waals surface area contributed by atoms with Crippen LogP contribution in [0.5, 0.6) is 17.2 Å². The molecule has 4 aromatic carbocycles. The van der Waals surface area contributed by atoms with Crippen molar-refractivity contribution in [1.29, 1.82) is 5.26 Å². The van der Waals surface area contributed by atoms with Gasteiger partial charge in [-0.25, -0.2) is 13.2 Å². The fraction of sp³-hybridized carbons (Fsp3) is 0.381. The fourth-order valence-electron chi connectivity index (χ4n) is 7.62. The van der Waals surface area contributed by atoms with Crippen LogP contribution < -0.4 is 14.2 Å². The first kappa shape index (κ1) is 39.1. The van der Waals surface area contributed by atoms with Crippen molar-refractivity contribution < 1.29 is 47.1 Å². The van der Waals surface area contributed by atoms with Crippen molar-refractivity contribution in [2.45, 2.75) is 62.7 Å². The zero-order chi connectivity index (χ0) is 39.4. The lowest BCUT2D eigenvalue weighted by molar-refractivity contribution is -0.0906. The van der Waals surface area contributed by atoms with Gasteiger partial charge in [0.15, 0.2) is 17.8 Å². The predicted molar refractivity (Wildman–Crippen MR) is 204 cm³/mol. The Morgan fingerprint density at radius 3 is 2.41 bits per heavy atom. The minimum Gasteiger partial charge on any atom is -0.489 e. The van der Waals surface area contributed by atoms with E-state index in [4.69, 9.17) is 23.7 Å². The number of amides is 1. The number of ether oxygens (including phenoxy) is 5. The summed E-state index contributed by atoms with van der Waals surface area (Å²) in [4.78, 5) is 14.4. The van der Waals surface area contributed by atoms with Gasteiger partial charge >= 0.3 is 6.09 Å². The molecule has 0 aliphatic carbocycles. The molecule has 0 unspecified atom stereocenters. The predicted octanol–water partition coefficient (Wildman–Crippen LogP) is 5.89. The Bertz CT molecular complexity index is 2160. The van der Waals surface area contributed by atoms with Gasteiger partial charge in [0, 0.05) is 25.1 Å². The lowest BCUT2D eigenvalue weighted by atomic mass is 9.93. The standard InChI is InChI=1S/C42H45N3O10S/c1-27(2)22-44(56(49,50)33-15-16-39-40(20-33)55-26-54-39)23-38(46)36(45(42(47)48)37-25-53-41-35(37)17-18-51-41)19-28-9-13-32(14-10-28)52-24-29-7-11-30(12-8-29)34-6-4-3-5-31(34)21-43/h3-16,20,27,35-38,41,46H,17-19,22-26H2,1-2H3,(H,47,48)/t35-,36-,37-,38+,41+/m0/s1. The van der Waals surface area contributed by atoms with Crippen molar-refractivity contribution in [3.63, 3.8) is 0 Å². The number of fused-ring (bicyclic) bond motifs is 2. The van der Waals surface area contributed by atoms with E-state index < -0.39 is 40.6 Å². The maximum Gasteiger partial charge on any atom is 0.407 e. The van der Waals surface area contributed by atoms with E-state index in [1.165, 1.54) is 27.4 Å². The van der Waals surface area contributed by atoms with Crippen LogP contribution in [-0.2, 0) is 32.5 Å². The first-order valence-corrected chi connectivity index (χ1v) is 20.1. The van der Waals surface area contributed by atoms with Crippen LogP contribution in [0.25, 0.3) is 11.1 Å². The molecule has 0 spiro atoms. The molecule has 0 radical (unpaired) electrons. The second kappa shape index (κ2) is 16.9. The van der Waals surface area contributed by atoms with Crippen LogP contribution in [0.2, 0.25) is 0 Å². The number of sulfonamides is 1. The van der Waals surface area contributed by atoms with Crippen molar-refractivity contribution in [2.24, 2.45) is 11.8 Å². The third-order valence-corrected chi connectivity index (χ3v) is 12.2. The summed E-state index contributed by atoms with van der Waals surface area (Å²) in [5.41, 5.74) is 4.05. The van der Waals surface area contributed by atoms with Gasteiger partial charge in [-0.15, -0.1) is 0 Å². The van der Waals surface area contributed by atoms with Gasteiger partial charge < -0.3 is 33.9 Å². The van der Waals surface area contributed by atoms with E-state index in [2.05, 4.69) is 6.07 Å². The maximum absolute atomic E-state index is 14.1. The molecule has 14 heteroatoms. The Labute approximate surface area is 326 Å². The number of benzene rings is 4. The van der Waals surface area contributed by atoms with Crippen LogP contribution in [0, 0.1) is 23.2 Å². The topological polar surface area (TPSA) is 168 Å². The lowest BCUT2D eigenvalue weighted by Crippen LogP contribution is -2.57. The Kier molecular flexibility index (Phi) is 11.8. The van der Waals surface area contributed by atoms with Gasteiger partial charge in [-0.05, 0) is 71.3 Å². The van der Waals surface area contributed by atoms with Gasteiger partial charge in [0.05, 0.1) is 47.9 Å². The van der Waals surface area contributed by atoms with Crippen molar-refractivity contribution in [1.82, 2.24) is 9.21 Å². The van der Waals surface area contributed by atoms with Crippen molar-refractivity contribution in [3.8, 4) is 34.4 Å². The molecule has 0 aromatic heterocycles. The number of aliphatic hydroxyl groups excluding tert-OH is 1. The molecule has 2 N–H and O–H groups in total. The molecule has 3 heterocycles. The summed E-state index contributed by atoms with van der Waals surface area (Å²) in [5, 5.41) is 32.2. The molecule has 2 fully saturated rings. The number of hydrogen-bond acceptors (Lipinski definition) is 10. The maximum atomic E-state index is 14.1. The van der Waals surface area contributed by atoms with Crippen LogP contribution >= 0.6 is 0 Å². The Hall–Kier alpha value is -5.17. The summed E-state index contributed by atoms with van der Waals surface area (Å²) >= 11 is 0. The molecule has 0 saturated carbocycles. The molecule has 0 bridgehead atoms. The zero-order valence-electron chi connectivity index (χ0n) is 31.2. The second-order valence-electron chi connectivity index (χ2n) is 14.6. The van der Waals surface area contributed by atoms with Gasteiger partial charge in [0.25, 0.3) is 0 Å². The van der Waals surface area contributed by atoms with Gasteiger partial charge in [-0.2, -0.15) is 9.57 Å². The highest BCUT2D eigenvalue weighted by atomic mass is 32.2. The highest BCUT2D eigenvalue weighted by Gasteiger charge is 2.49. The van der Waals surface area contributed by atoms with Crippen LogP contribution in [0.1, 0.15) is 37.0 Å². The van der Waals surface area contributed by atoms with E-state index >= 15 is 0 Å². The van der Waals surface area contributed by atoms with Crippen molar-refractivity contribution in [2.75, 3.05) is 33.1 Å². The average molecular weight is 784 g/mol. The molecule has 2 saturated heterocycles. The molecule has 5 atom stereocenters. The van der Waals surface area contributed by atoms with Crippen LogP contribution in [-0.4, -0.2) is 91.5 Å². The molecule has 4 aromatic rings. The van der Waals surface area contributed by atoms with Gasteiger partial charge in [-0.3, -0.25) is 4.90 Å². The van der Waals surface area contributed by atoms with Crippen LogP contribution in [0.3, 0.4) is 0 Å². The van der Waals surface area contributed by atoms with Crippen LogP contribution in [0.4, 0.5) is 4.79 Å². The molecule has 3 aliphatic heterocycles. The van der Waals surface area contributed by atoms with E-state index in [0.29, 0.717) is 42.4 Å². The number of nitrogens with zero attached hydrogens (tertiary/aromatic N) is 3. The van der Waals surface area contributed by atoms with Gasteiger partial charge in [0.2, 0.25) is 16.8 Å². The van der Waals surface area contributed by atoms with Crippen molar-refractivity contribution in [3.05, 3.63) is 108 Å². The monoisotopic (exact) mass is 783 g/mol. The molecule has 294 valence electrons. The minimum atomic E-state index is -4.16. The number of carbonyl (C=O) groups is 1. The molecular formula is C42H45N3O10S. The third kappa shape index (κ3) is 8.47. The second-order valence-corrected chi connectivity index (χ2v) is 16.6. The molecule has 1 amide bonds. The lowest BCUT2D eigenvalue weighted by Gasteiger charge is -2.39. The SMILES string of the molecule is CC(C)CN(C[C@@H](O)[C@H](Cc1ccc(OCc2ccc(-c3ccccc3C#N)cc2)cc1)N(C(=O)O)[C@H]1CO[C@H]2OCC[C@H]21)S(=O)(=O)c1ccc2c(c1)OCO2. The summed E-state index contributed by atoms with van der Waals surface area (Å²) in [6.07, 6.45) is -2.51. The number of nitriles is 1. The summed E-state index contributed by atoms with van der Waals surface area (Å²) in [5.74, 6) is 1.01. The summed E-state index contributed by atoms with van der Waals surface area (Å²) < 4.78 is 57.9. The van der Waals surface area contributed by atoms with E-state index in [0.717, 1.165) is 22.3 Å². The Morgan fingerprint density at radius 1 is 0.946 bits per heavy atom. The average Bonchev–Trinajstić information content (AvgIpc) is 3.96. The van der Waals surface area contributed by atoms with E-state index in [1.54, 1.807) is 18.2 Å².